The second-order valence-electron chi connectivity index (χ2n) is 3.65. The molecule has 0 aromatic rings. The van der Waals surface area contributed by atoms with E-state index in [1.807, 2.05) is 11.9 Å². The SMILES string of the molecule is C=C(N(C)/C=C\N)C(C)(C)C. The molecule has 64 valence electrons. The highest BCUT2D eigenvalue weighted by atomic mass is 15.1. The van der Waals surface area contributed by atoms with Crippen LogP contribution in [0.2, 0.25) is 0 Å². The van der Waals surface area contributed by atoms with Gasteiger partial charge in [-0.25, -0.2) is 0 Å². The number of rotatable bonds is 2. The fraction of sp³-hybridized carbons (Fsp3) is 0.556. The van der Waals surface area contributed by atoms with Gasteiger partial charge < -0.3 is 10.6 Å². The molecule has 0 bridgehead atoms. The maximum atomic E-state index is 5.25. The van der Waals surface area contributed by atoms with Crippen LogP contribution < -0.4 is 5.73 Å². The van der Waals surface area contributed by atoms with E-state index in [2.05, 4.69) is 27.4 Å². The summed E-state index contributed by atoms with van der Waals surface area (Å²) >= 11 is 0. The molecule has 0 saturated heterocycles. The minimum absolute atomic E-state index is 0.105. The van der Waals surface area contributed by atoms with Crippen LogP contribution in [-0.2, 0) is 0 Å². The van der Waals surface area contributed by atoms with Crippen molar-refractivity contribution in [1.82, 2.24) is 4.90 Å². The third-order valence-electron chi connectivity index (χ3n) is 1.60. The predicted molar refractivity (Wildman–Crippen MR) is 49.7 cm³/mol. The van der Waals surface area contributed by atoms with Gasteiger partial charge in [0.2, 0.25) is 0 Å². The van der Waals surface area contributed by atoms with Gasteiger partial charge in [-0.1, -0.05) is 27.4 Å². The Morgan fingerprint density at radius 1 is 1.45 bits per heavy atom. The summed E-state index contributed by atoms with van der Waals surface area (Å²) in [5.74, 6) is 0. The fourth-order valence-electron chi connectivity index (χ4n) is 0.748. The first-order valence-corrected chi connectivity index (χ1v) is 3.70. The molecule has 11 heavy (non-hydrogen) atoms. The Kier molecular flexibility index (Phi) is 3.18. The summed E-state index contributed by atoms with van der Waals surface area (Å²) < 4.78 is 0. The van der Waals surface area contributed by atoms with Gasteiger partial charge in [-0.15, -0.1) is 0 Å². The number of nitrogens with two attached hydrogens (primary N) is 1. The lowest BCUT2D eigenvalue weighted by molar-refractivity contribution is 0.378. The third-order valence-corrected chi connectivity index (χ3v) is 1.60. The van der Waals surface area contributed by atoms with E-state index in [9.17, 15) is 0 Å². The van der Waals surface area contributed by atoms with Crippen LogP contribution in [0.3, 0.4) is 0 Å². The lowest BCUT2D eigenvalue weighted by Gasteiger charge is -2.28. The summed E-state index contributed by atoms with van der Waals surface area (Å²) in [7, 11) is 1.94. The Bertz CT molecular complexity index is 163. The molecule has 0 aliphatic carbocycles. The molecule has 2 heteroatoms. The molecule has 0 heterocycles. The molecular weight excluding hydrogens is 136 g/mol. The Morgan fingerprint density at radius 3 is 2.18 bits per heavy atom. The first kappa shape index (κ1) is 10.1. The highest BCUT2D eigenvalue weighted by Gasteiger charge is 2.16. The minimum atomic E-state index is 0.105. The van der Waals surface area contributed by atoms with E-state index in [1.165, 1.54) is 6.20 Å². The van der Waals surface area contributed by atoms with Crippen molar-refractivity contribution in [2.24, 2.45) is 11.1 Å². The van der Waals surface area contributed by atoms with Crippen LogP contribution in [0.4, 0.5) is 0 Å². The molecule has 0 rings (SSSR count). The Hall–Kier alpha value is -0.920. The zero-order valence-electron chi connectivity index (χ0n) is 7.89. The van der Waals surface area contributed by atoms with E-state index in [4.69, 9.17) is 5.73 Å². The second kappa shape index (κ2) is 3.46. The number of hydrogen-bond acceptors (Lipinski definition) is 2. The van der Waals surface area contributed by atoms with Crippen molar-refractivity contribution >= 4 is 0 Å². The monoisotopic (exact) mass is 154 g/mol. The largest absolute Gasteiger partial charge is 0.403 e. The van der Waals surface area contributed by atoms with Crippen LogP contribution >= 0.6 is 0 Å². The average Bonchev–Trinajstić information content (AvgIpc) is 1.85. The van der Waals surface area contributed by atoms with Crippen molar-refractivity contribution in [3.63, 3.8) is 0 Å². The van der Waals surface area contributed by atoms with E-state index in [1.54, 1.807) is 6.20 Å². The summed E-state index contributed by atoms with van der Waals surface area (Å²) in [6, 6.07) is 0. The molecule has 2 nitrogen and oxygen atoms in total. The molecule has 0 atom stereocenters. The van der Waals surface area contributed by atoms with Crippen molar-refractivity contribution < 1.29 is 0 Å². The highest BCUT2D eigenvalue weighted by molar-refractivity contribution is 5.06. The molecule has 0 aromatic carbocycles. The topological polar surface area (TPSA) is 29.3 Å². The van der Waals surface area contributed by atoms with Gasteiger partial charge in [0.15, 0.2) is 0 Å². The summed E-state index contributed by atoms with van der Waals surface area (Å²) in [4.78, 5) is 1.93. The van der Waals surface area contributed by atoms with Gasteiger partial charge in [-0.3, -0.25) is 0 Å². The van der Waals surface area contributed by atoms with E-state index < -0.39 is 0 Å². The lowest BCUT2D eigenvalue weighted by atomic mass is 9.92. The molecule has 0 radical (unpaired) electrons. The zero-order chi connectivity index (χ0) is 9.07. The van der Waals surface area contributed by atoms with Crippen molar-refractivity contribution in [3.05, 3.63) is 24.7 Å². The molecule has 0 aromatic heterocycles. The summed E-state index contributed by atoms with van der Waals surface area (Å²) in [6.45, 7) is 10.3. The van der Waals surface area contributed by atoms with Crippen LogP contribution in [0.1, 0.15) is 20.8 Å². The molecule has 0 fully saturated rings. The third kappa shape index (κ3) is 3.12. The van der Waals surface area contributed by atoms with Crippen LogP contribution in [0.25, 0.3) is 0 Å². The quantitative estimate of drug-likeness (QED) is 0.658. The number of allylic oxidation sites excluding steroid dienone is 1. The van der Waals surface area contributed by atoms with Crippen molar-refractivity contribution in [2.75, 3.05) is 7.05 Å². The van der Waals surface area contributed by atoms with Crippen LogP contribution in [-0.4, -0.2) is 11.9 Å². The number of hydrogen-bond donors (Lipinski definition) is 1. The first-order valence-electron chi connectivity index (χ1n) is 3.70. The van der Waals surface area contributed by atoms with Gasteiger partial charge in [-0.05, 0) is 0 Å². The summed E-state index contributed by atoms with van der Waals surface area (Å²) in [6.07, 6.45) is 3.31. The summed E-state index contributed by atoms with van der Waals surface area (Å²) in [5.41, 5.74) is 6.41. The smallest absolute Gasteiger partial charge is 0.0189 e. The number of nitrogens with zero attached hydrogens (tertiary/aromatic N) is 1. The van der Waals surface area contributed by atoms with Crippen molar-refractivity contribution in [2.45, 2.75) is 20.8 Å². The van der Waals surface area contributed by atoms with E-state index in [0.29, 0.717) is 0 Å². The molecule has 0 spiro atoms. The Balaban J connectivity index is 4.26. The normalized spacial score (nSPS) is 12.0. The second-order valence-corrected chi connectivity index (χ2v) is 3.65. The minimum Gasteiger partial charge on any atom is -0.403 e. The van der Waals surface area contributed by atoms with Gasteiger partial charge >= 0.3 is 0 Å². The zero-order valence-corrected chi connectivity index (χ0v) is 7.89. The van der Waals surface area contributed by atoms with E-state index in [-0.39, 0.29) is 5.41 Å². The van der Waals surface area contributed by atoms with Gasteiger partial charge in [0.25, 0.3) is 0 Å². The molecular formula is C9H18N2. The molecule has 0 unspecified atom stereocenters. The van der Waals surface area contributed by atoms with Crippen molar-refractivity contribution in [1.29, 1.82) is 0 Å². The Morgan fingerprint density at radius 2 is 1.91 bits per heavy atom. The van der Waals surface area contributed by atoms with Gasteiger partial charge in [0, 0.05) is 30.6 Å². The van der Waals surface area contributed by atoms with Crippen LogP contribution in [0, 0.1) is 5.41 Å². The maximum absolute atomic E-state index is 5.25. The van der Waals surface area contributed by atoms with Gasteiger partial charge in [-0.2, -0.15) is 0 Å². The average molecular weight is 154 g/mol. The molecule has 0 aliphatic rings. The van der Waals surface area contributed by atoms with Crippen LogP contribution in [0.15, 0.2) is 24.7 Å². The molecule has 0 aliphatic heterocycles. The molecule has 2 N–H and O–H groups in total. The lowest BCUT2D eigenvalue weighted by Crippen LogP contribution is -2.21. The van der Waals surface area contributed by atoms with Gasteiger partial charge in [0.1, 0.15) is 0 Å². The van der Waals surface area contributed by atoms with E-state index >= 15 is 0 Å². The molecule has 0 saturated carbocycles. The highest BCUT2D eigenvalue weighted by Crippen LogP contribution is 2.25. The standard InChI is InChI=1S/C9H18N2/c1-8(9(2,3)4)11(5)7-6-10/h6-7H,1,10H2,2-5H3/b7-6-. The van der Waals surface area contributed by atoms with Gasteiger partial charge in [0.05, 0.1) is 0 Å². The fourth-order valence-corrected chi connectivity index (χ4v) is 0.748. The van der Waals surface area contributed by atoms with E-state index in [0.717, 1.165) is 5.70 Å². The summed E-state index contributed by atoms with van der Waals surface area (Å²) in [5, 5.41) is 0. The molecule has 0 amide bonds. The maximum Gasteiger partial charge on any atom is 0.0189 e. The van der Waals surface area contributed by atoms with Crippen LogP contribution in [0.5, 0.6) is 0 Å². The first-order chi connectivity index (χ1) is 4.89. The van der Waals surface area contributed by atoms with Crippen molar-refractivity contribution in [3.8, 4) is 0 Å². The Labute approximate surface area is 69.4 Å². The predicted octanol–water partition coefficient (Wildman–Crippen LogP) is 1.91.